The first-order valence-electron chi connectivity index (χ1n) is 7.49. The van der Waals surface area contributed by atoms with Gasteiger partial charge in [0.25, 0.3) is 11.9 Å². The van der Waals surface area contributed by atoms with Gasteiger partial charge in [-0.25, -0.2) is 4.52 Å². The van der Waals surface area contributed by atoms with E-state index in [1.54, 1.807) is 16.6 Å². The van der Waals surface area contributed by atoms with Crippen LogP contribution in [0.5, 0.6) is 0 Å². The fraction of sp³-hybridized carbons (Fsp3) is 0. The molecule has 0 aliphatic rings. The number of thiazole rings is 1. The van der Waals surface area contributed by atoms with Crippen molar-refractivity contribution in [3.63, 3.8) is 0 Å². The average Bonchev–Trinajstić information content (AvgIpc) is 3.19. The molecule has 0 fully saturated rings. The van der Waals surface area contributed by atoms with Gasteiger partial charge in [-0.1, -0.05) is 58.5 Å². The maximum Gasteiger partial charge on any atom is 0.261 e. The summed E-state index contributed by atoms with van der Waals surface area (Å²) in [4.78, 5) is 17.5. The van der Waals surface area contributed by atoms with Gasteiger partial charge < -0.3 is 0 Å². The summed E-state index contributed by atoms with van der Waals surface area (Å²) < 4.78 is 1.64. The monoisotopic (exact) mass is 456 g/mol. The van der Waals surface area contributed by atoms with Gasteiger partial charge >= 0.3 is 0 Å². The Bertz CT molecular complexity index is 1170. The molecule has 0 spiro atoms. The van der Waals surface area contributed by atoms with Crippen LogP contribution in [0.2, 0.25) is 20.1 Å². The topological polar surface area (TPSA) is 59.3 Å². The van der Waals surface area contributed by atoms with E-state index in [1.165, 1.54) is 23.5 Å². The summed E-state index contributed by atoms with van der Waals surface area (Å²) in [5.41, 5.74) is 1.83. The summed E-state index contributed by atoms with van der Waals surface area (Å²) in [6, 6.07) is 10.4. The summed E-state index contributed by atoms with van der Waals surface area (Å²) in [5.74, 6) is -0.409. The molecule has 2 heterocycles. The summed E-state index contributed by atoms with van der Waals surface area (Å²) in [6.07, 6.45) is 0. The summed E-state index contributed by atoms with van der Waals surface area (Å²) >= 11 is 25.5. The molecule has 0 aliphatic heterocycles. The maximum atomic E-state index is 12.6. The van der Waals surface area contributed by atoms with Crippen molar-refractivity contribution in [3.8, 4) is 11.3 Å². The molecule has 10 heteroatoms. The molecule has 0 bridgehead atoms. The molecule has 136 valence electrons. The Labute approximate surface area is 177 Å². The standard InChI is InChI=1S/C17H8Cl4N4OS/c18-9-3-1-8(2-4-9)12-7-27-17-23-16(24-25(12)17)22-15(26)13-10(19)5-6-11(20)14(13)21/h1-7H,(H,22,24,26). The normalized spacial score (nSPS) is 11.1. The van der Waals surface area contributed by atoms with Gasteiger partial charge in [-0.2, -0.15) is 4.98 Å². The molecule has 0 saturated heterocycles. The molecule has 0 aliphatic carbocycles. The van der Waals surface area contributed by atoms with E-state index in [0.717, 1.165) is 11.3 Å². The number of hydrogen-bond acceptors (Lipinski definition) is 4. The van der Waals surface area contributed by atoms with Gasteiger partial charge in [-0.05, 0) is 24.3 Å². The Hall–Kier alpha value is -1.83. The fourth-order valence-corrected chi connectivity index (χ4v) is 4.11. The molecule has 0 unspecified atom stereocenters. The van der Waals surface area contributed by atoms with E-state index >= 15 is 0 Å². The maximum absolute atomic E-state index is 12.6. The Morgan fingerprint density at radius 2 is 1.70 bits per heavy atom. The van der Waals surface area contributed by atoms with Gasteiger partial charge in [-0.15, -0.1) is 16.4 Å². The number of fused-ring (bicyclic) bond motifs is 1. The largest absolute Gasteiger partial charge is 0.289 e. The van der Waals surface area contributed by atoms with Crippen molar-refractivity contribution in [1.29, 1.82) is 0 Å². The second-order valence-electron chi connectivity index (χ2n) is 5.43. The van der Waals surface area contributed by atoms with E-state index in [2.05, 4.69) is 15.4 Å². The Kier molecular flexibility index (Phi) is 5.01. The van der Waals surface area contributed by atoms with Crippen LogP contribution in [0.25, 0.3) is 16.2 Å². The van der Waals surface area contributed by atoms with Crippen LogP contribution in [0.3, 0.4) is 0 Å². The van der Waals surface area contributed by atoms with Crippen LogP contribution in [0.15, 0.2) is 41.8 Å². The number of hydrogen-bond donors (Lipinski definition) is 1. The van der Waals surface area contributed by atoms with Gasteiger partial charge in [0.2, 0.25) is 4.96 Å². The SMILES string of the molecule is O=C(Nc1nc2scc(-c3ccc(Cl)cc3)n2n1)c1c(Cl)ccc(Cl)c1Cl. The molecular formula is C17H8Cl4N4OS. The molecule has 2 aromatic carbocycles. The third-order valence-corrected chi connectivity index (χ3v) is 5.91. The highest BCUT2D eigenvalue weighted by atomic mass is 35.5. The van der Waals surface area contributed by atoms with Crippen molar-refractivity contribution in [2.75, 3.05) is 5.32 Å². The number of anilines is 1. The lowest BCUT2D eigenvalue weighted by Gasteiger charge is -2.07. The Morgan fingerprint density at radius 1 is 1.00 bits per heavy atom. The van der Waals surface area contributed by atoms with Crippen molar-refractivity contribution in [1.82, 2.24) is 14.6 Å². The third-order valence-electron chi connectivity index (χ3n) is 3.72. The molecule has 4 rings (SSSR count). The lowest BCUT2D eigenvalue weighted by Crippen LogP contribution is -2.14. The molecular weight excluding hydrogens is 450 g/mol. The molecule has 0 radical (unpaired) electrons. The van der Waals surface area contributed by atoms with Crippen molar-refractivity contribution in [2.45, 2.75) is 0 Å². The fourth-order valence-electron chi connectivity index (χ4n) is 2.45. The van der Waals surface area contributed by atoms with E-state index in [9.17, 15) is 4.79 Å². The first kappa shape index (κ1) is 18.5. The number of halogens is 4. The third kappa shape index (κ3) is 3.51. The number of nitrogens with one attached hydrogen (secondary N) is 1. The van der Waals surface area contributed by atoms with Crippen LogP contribution in [0.4, 0.5) is 5.95 Å². The second-order valence-corrected chi connectivity index (χ2v) is 7.90. The molecule has 5 nitrogen and oxygen atoms in total. The zero-order valence-electron chi connectivity index (χ0n) is 13.2. The van der Waals surface area contributed by atoms with Gasteiger partial charge in [-0.3, -0.25) is 10.1 Å². The average molecular weight is 458 g/mol. The van der Waals surface area contributed by atoms with Gasteiger partial charge in [0.15, 0.2) is 0 Å². The van der Waals surface area contributed by atoms with Crippen molar-refractivity contribution >= 4 is 74.6 Å². The number of aromatic nitrogens is 3. The van der Waals surface area contributed by atoms with E-state index in [4.69, 9.17) is 46.4 Å². The quantitative estimate of drug-likeness (QED) is 0.366. The summed E-state index contributed by atoms with van der Waals surface area (Å²) in [6.45, 7) is 0. The highest BCUT2D eigenvalue weighted by Gasteiger charge is 2.20. The minimum Gasteiger partial charge on any atom is -0.289 e. The molecule has 4 aromatic rings. The minimum atomic E-state index is -0.543. The van der Waals surface area contributed by atoms with Crippen LogP contribution >= 0.6 is 57.7 Å². The minimum absolute atomic E-state index is 0.0712. The number of rotatable bonds is 3. The first-order chi connectivity index (χ1) is 12.9. The van der Waals surface area contributed by atoms with Gasteiger partial charge in [0.1, 0.15) is 0 Å². The van der Waals surface area contributed by atoms with Gasteiger partial charge in [0.05, 0.1) is 26.3 Å². The molecule has 0 saturated carbocycles. The number of carbonyl (C=O) groups excluding carboxylic acids is 1. The summed E-state index contributed by atoms with van der Waals surface area (Å²) in [7, 11) is 0. The Morgan fingerprint density at radius 3 is 2.44 bits per heavy atom. The van der Waals surface area contributed by atoms with E-state index in [1.807, 2.05) is 17.5 Å². The van der Waals surface area contributed by atoms with Crippen molar-refractivity contribution in [3.05, 3.63) is 67.4 Å². The van der Waals surface area contributed by atoms with Crippen molar-refractivity contribution < 1.29 is 4.79 Å². The molecule has 27 heavy (non-hydrogen) atoms. The molecule has 2 aromatic heterocycles. The molecule has 1 N–H and O–H groups in total. The van der Waals surface area contributed by atoms with E-state index in [-0.39, 0.29) is 26.6 Å². The number of amides is 1. The highest BCUT2D eigenvalue weighted by Crippen LogP contribution is 2.32. The second kappa shape index (κ2) is 7.30. The van der Waals surface area contributed by atoms with Crippen LogP contribution in [-0.2, 0) is 0 Å². The first-order valence-corrected chi connectivity index (χ1v) is 9.88. The van der Waals surface area contributed by atoms with Crippen LogP contribution in [-0.4, -0.2) is 20.5 Å². The zero-order chi connectivity index (χ0) is 19.1. The van der Waals surface area contributed by atoms with Crippen LogP contribution in [0.1, 0.15) is 10.4 Å². The molecule has 1 amide bonds. The summed E-state index contributed by atoms with van der Waals surface area (Å²) in [5, 5.41) is 10.0. The van der Waals surface area contributed by atoms with E-state index < -0.39 is 5.91 Å². The highest BCUT2D eigenvalue weighted by molar-refractivity contribution is 7.15. The lowest BCUT2D eigenvalue weighted by atomic mass is 10.2. The number of carbonyl (C=O) groups is 1. The Balaban J connectivity index is 1.67. The van der Waals surface area contributed by atoms with Gasteiger partial charge in [0, 0.05) is 16.0 Å². The smallest absolute Gasteiger partial charge is 0.261 e. The lowest BCUT2D eigenvalue weighted by molar-refractivity contribution is 0.102. The number of nitrogens with zero attached hydrogens (tertiary/aromatic N) is 3. The van der Waals surface area contributed by atoms with E-state index in [0.29, 0.717) is 9.98 Å². The van der Waals surface area contributed by atoms with Crippen LogP contribution in [0, 0.1) is 0 Å². The zero-order valence-corrected chi connectivity index (χ0v) is 17.1. The van der Waals surface area contributed by atoms with Crippen LogP contribution < -0.4 is 5.32 Å². The van der Waals surface area contributed by atoms with Crippen molar-refractivity contribution in [2.24, 2.45) is 0 Å². The number of benzene rings is 2. The predicted molar refractivity (Wildman–Crippen MR) is 111 cm³/mol. The predicted octanol–water partition coefficient (Wildman–Crippen LogP) is 6.32. The molecule has 0 atom stereocenters.